The number of rotatable bonds is 2. The third-order valence-electron chi connectivity index (χ3n) is 2.58. The summed E-state index contributed by atoms with van der Waals surface area (Å²) in [4.78, 5) is 12.1. The van der Waals surface area contributed by atoms with Gasteiger partial charge in [0.15, 0.2) is 0 Å². The number of benzene rings is 2. The van der Waals surface area contributed by atoms with Crippen LogP contribution in [0.3, 0.4) is 0 Å². The highest BCUT2D eigenvalue weighted by atomic mass is 35.5. The molecule has 1 amide bonds. The van der Waals surface area contributed by atoms with E-state index in [0.29, 0.717) is 16.3 Å². The largest absolute Gasteiger partial charge is 0.506 e. The van der Waals surface area contributed by atoms with Crippen LogP contribution in [-0.2, 0) is 0 Å². The topological polar surface area (TPSA) is 49.3 Å². The number of carbonyl (C=O) groups excluding carboxylic acids is 1. The van der Waals surface area contributed by atoms with E-state index in [0.717, 1.165) is 5.56 Å². The van der Waals surface area contributed by atoms with Crippen LogP contribution in [0.5, 0.6) is 5.75 Å². The van der Waals surface area contributed by atoms with Crippen molar-refractivity contribution in [3.63, 3.8) is 0 Å². The van der Waals surface area contributed by atoms with E-state index in [2.05, 4.69) is 5.32 Å². The van der Waals surface area contributed by atoms with E-state index in [9.17, 15) is 9.90 Å². The second-order valence-electron chi connectivity index (χ2n) is 4.10. The van der Waals surface area contributed by atoms with Crippen molar-refractivity contribution in [2.24, 2.45) is 0 Å². The van der Waals surface area contributed by atoms with Crippen LogP contribution in [0.4, 0.5) is 5.69 Å². The second kappa shape index (κ2) is 5.51. The Labute approximate surface area is 120 Å². The van der Waals surface area contributed by atoms with Crippen molar-refractivity contribution in [3.8, 4) is 5.75 Å². The highest BCUT2D eigenvalue weighted by Crippen LogP contribution is 2.26. The van der Waals surface area contributed by atoms with Gasteiger partial charge in [-0.15, -0.1) is 0 Å². The molecule has 0 saturated heterocycles. The minimum absolute atomic E-state index is 0.00374. The Morgan fingerprint density at radius 2 is 1.89 bits per heavy atom. The maximum absolute atomic E-state index is 12.1. The molecule has 0 aliphatic heterocycles. The van der Waals surface area contributed by atoms with Crippen molar-refractivity contribution in [3.05, 3.63) is 57.6 Å². The van der Waals surface area contributed by atoms with E-state index in [-0.39, 0.29) is 10.8 Å². The van der Waals surface area contributed by atoms with Crippen molar-refractivity contribution in [1.29, 1.82) is 0 Å². The zero-order chi connectivity index (χ0) is 14.0. The Bertz CT molecular complexity index is 641. The van der Waals surface area contributed by atoms with Crippen molar-refractivity contribution in [2.45, 2.75) is 6.92 Å². The maximum atomic E-state index is 12.1. The lowest BCUT2D eigenvalue weighted by atomic mass is 10.1. The highest BCUT2D eigenvalue weighted by molar-refractivity contribution is 6.37. The third kappa shape index (κ3) is 3.19. The van der Waals surface area contributed by atoms with E-state index >= 15 is 0 Å². The summed E-state index contributed by atoms with van der Waals surface area (Å²) in [6.45, 7) is 1.87. The van der Waals surface area contributed by atoms with Crippen LogP contribution in [0.15, 0.2) is 36.4 Å². The number of nitrogens with one attached hydrogen (secondary N) is 1. The standard InChI is InChI=1S/C14H11Cl2NO2/c1-8-2-5-13(18)12(6-8)17-14(19)10-4-3-9(15)7-11(10)16/h2-7,18H,1H3,(H,17,19). The fourth-order valence-electron chi connectivity index (χ4n) is 1.61. The molecule has 3 nitrogen and oxygen atoms in total. The van der Waals surface area contributed by atoms with Crippen LogP contribution < -0.4 is 5.32 Å². The lowest BCUT2D eigenvalue weighted by molar-refractivity contribution is 0.102. The maximum Gasteiger partial charge on any atom is 0.257 e. The zero-order valence-corrected chi connectivity index (χ0v) is 11.6. The molecule has 0 atom stereocenters. The van der Waals surface area contributed by atoms with Crippen LogP contribution in [0.25, 0.3) is 0 Å². The molecule has 5 heteroatoms. The van der Waals surface area contributed by atoms with Gasteiger partial charge in [0, 0.05) is 5.02 Å². The molecular weight excluding hydrogens is 285 g/mol. The first-order valence-corrected chi connectivity index (χ1v) is 6.29. The first kappa shape index (κ1) is 13.7. The Morgan fingerprint density at radius 1 is 1.16 bits per heavy atom. The van der Waals surface area contributed by atoms with Crippen LogP contribution in [0.2, 0.25) is 10.0 Å². The first-order chi connectivity index (χ1) is 8.97. The van der Waals surface area contributed by atoms with Gasteiger partial charge in [-0.1, -0.05) is 29.3 Å². The van der Waals surface area contributed by atoms with E-state index in [1.165, 1.54) is 18.2 Å². The van der Waals surface area contributed by atoms with Gasteiger partial charge in [0.1, 0.15) is 5.75 Å². The summed E-state index contributed by atoms with van der Waals surface area (Å²) >= 11 is 11.7. The lowest BCUT2D eigenvalue weighted by Crippen LogP contribution is -2.12. The summed E-state index contributed by atoms with van der Waals surface area (Å²) in [6.07, 6.45) is 0. The minimum atomic E-state index is -0.400. The Balaban J connectivity index is 2.28. The van der Waals surface area contributed by atoms with Gasteiger partial charge in [-0.25, -0.2) is 0 Å². The predicted molar refractivity (Wildman–Crippen MR) is 77.3 cm³/mol. The van der Waals surface area contributed by atoms with Crippen LogP contribution in [0, 0.1) is 6.92 Å². The van der Waals surface area contributed by atoms with Gasteiger partial charge in [-0.05, 0) is 42.8 Å². The number of aryl methyl sites for hydroxylation is 1. The molecule has 0 aliphatic carbocycles. The second-order valence-corrected chi connectivity index (χ2v) is 4.94. The van der Waals surface area contributed by atoms with Gasteiger partial charge in [-0.2, -0.15) is 0 Å². The van der Waals surface area contributed by atoms with Crippen LogP contribution in [-0.4, -0.2) is 11.0 Å². The molecule has 2 aromatic rings. The number of amides is 1. The van der Waals surface area contributed by atoms with Crippen LogP contribution >= 0.6 is 23.2 Å². The number of hydrogen-bond donors (Lipinski definition) is 2. The molecule has 0 bridgehead atoms. The number of halogens is 2. The summed E-state index contributed by atoms with van der Waals surface area (Å²) in [5, 5.41) is 13.0. The molecule has 2 rings (SSSR count). The number of aromatic hydroxyl groups is 1. The molecule has 0 spiro atoms. The van der Waals surface area contributed by atoms with Crippen molar-refractivity contribution >= 4 is 34.8 Å². The molecule has 19 heavy (non-hydrogen) atoms. The average molecular weight is 296 g/mol. The predicted octanol–water partition coefficient (Wildman–Crippen LogP) is 4.26. The normalized spacial score (nSPS) is 10.3. The summed E-state index contributed by atoms with van der Waals surface area (Å²) in [5.74, 6) is -0.397. The van der Waals surface area contributed by atoms with Gasteiger partial charge in [0.2, 0.25) is 0 Å². The van der Waals surface area contributed by atoms with Crippen molar-refractivity contribution in [1.82, 2.24) is 0 Å². The molecule has 98 valence electrons. The molecule has 2 N–H and O–H groups in total. The average Bonchev–Trinajstić information content (AvgIpc) is 2.33. The highest BCUT2D eigenvalue weighted by Gasteiger charge is 2.12. The van der Waals surface area contributed by atoms with Gasteiger partial charge in [0.05, 0.1) is 16.3 Å². The fraction of sp³-hybridized carbons (Fsp3) is 0.0714. The molecule has 0 fully saturated rings. The molecule has 0 saturated carbocycles. The van der Waals surface area contributed by atoms with Crippen LogP contribution in [0.1, 0.15) is 15.9 Å². The van der Waals surface area contributed by atoms with Gasteiger partial charge >= 0.3 is 0 Å². The number of phenolic OH excluding ortho intramolecular Hbond substituents is 1. The zero-order valence-electron chi connectivity index (χ0n) is 10.1. The number of carbonyl (C=O) groups is 1. The van der Waals surface area contributed by atoms with Gasteiger partial charge in [-0.3, -0.25) is 4.79 Å². The quantitative estimate of drug-likeness (QED) is 0.813. The van der Waals surface area contributed by atoms with Gasteiger partial charge in [0.25, 0.3) is 5.91 Å². The van der Waals surface area contributed by atoms with Crippen molar-refractivity contribution < 1.29 is 9.90 Å². The summed E-state index contributed by atoms with van der Waals surface area (Å²) < 4.78 is 0. The van der Waals surface area contributed by atoms with Crippen molar-refractivity contribution in [2.75, 3.05) is 5.32 Å². The minimum Gasteiger partial charge on any atom is -0.506 e. The molecule has 0 radical (unpaired) electrons. The first-order valence-electron chi connectivity index (χ1n) is 5.53. The SMILES string of the molecule is Cc1ccc(O)c(NC(=O)c2ccc(Cl)cc2Cl)c1. The summed E-state index contributed by atoms with van der Waals surface area (Å²) in [7, 11) is 0. The van der Waals surface area contributed by atoms with E-state index in [1.54, 1.807) is 18.2 Å². The smallest absolute Gasteiger partial charge is 0.257 e. The number of anilines is 1. The molecule has 0 aromatic heterocycles. The molecule has 0 unspecified atom stereocenters. The molecule has 0 aliphatic rings. The third-order valence-corrected chi connectivity index (χ3v) is 3.12. The molecule has 2 aromatic carbocycles. The summed E-state index contributed by atoms with van der Waals surface area (Å²) in [6, 6.07) is 9.56. The fourth-order valence-corrected chi connectivity index (χ4v) is 2.11. The van der Waals surface area contributed by atoms with E-state index in [4.69, 9.17) is 23.2 Å². The lowest BCUT2D eigenvalue weighted by Gasteiger charge is -2.09. The molecular formula is C14H11Cl2NO2. The Kier molecular flexibility index (Phi) is 3.98. The Hall–Kier alpha value is -1.71. The van der Waals surface area contributed by atoms with E-state index < -0.39 is 5.91 Å². The monoisotopic (exact) mass is 295 g/mol. The molecule has 0 heterocycles. The number of phenols is 1. The summed E-state index contributed by atoms with van der Waals surface area (Å²) in [5.41, 5.74) is 1.57. The number of hydrogen-bond acceptors (Lipinski definition) is 2. The van der Waals surface area contributed by atoms with E-state index in [1.807, 2.05) is 6.92 Å². The van der Waals surface area contributed by atoms with Gasteiger partial charge < -0.3 is 10.4 Å². The Morgan fingerprint density at radius 3 is 2.58 bits per heavy atom.